The lowest BCUT2D eigenvalue weighted by molar-refractivity contribution is 0.499. The minimum atomic E-state index is 0.392. The second-order valence-electron chi connectivity index (χ2n) is 5.55. The highest BCUT2D eigenvalue weighted by Crippen LogP contribution is 2.23. The number of aryl methyl sites for hydroxylation is 2. The van der Waals surface area contributed by atoms with Crippen LogP contribution in [-0.2, 0) is 6.42 Å². The van der Waals surface area contributed by atoms with E-state index in [0.717, 1.165) is 30.8 Å². The van der Waals surface area contributed by atoms with Gasteiger partial charge in [0.25, 0.3) is 0 Å². The molecule has 2 heteroatoms. The molecule has 0 radical (unpaired) electrons. The third-order valence-corrected chi connectivity index (χ3v) is 4.11. The first-order chi connectivity index (χ1) is 10.2. The van der Waals surface area contributed by atoms with Crippen LogP contribution in [0.25, 0.3) is 0 Å². The Balaban J connectivity index is 2.05. The molecule has 2 rings (SSSR count). The predicted octanol–water partition coefficient (Wildman–Crippen LogP) is 5.32. The third-order valence-electron chi connectivity index (χ3n) is 3.75. The molecule has 0 bridgehead atoms. The molecule has 0 aromatic heterocycles. The van der Waals surface area contributed by atoms with Gasteiger partial charge in [0.15, 0.2) is 0 Å². The van der Waals surface area contributed by atoms with E-state index in [9.17, 15) is 0 Å². The molecule has 0 saturated heterocycles. The fourth-order valence-corrected chi connectivity index (χ4v) is 2.88. The van der Waals surface area contributed by atoms with Gasteiger partial charge in [-0.25, -0.2) is 0 Å². The van der Waals surface area contributed by atoms with Crippen molar-refractivity contribution in [2.45, 2.75) is 39.2 Å². The van der Waals surface area contributed by atoms with Crippen molar-refractivity contribution in [3.05, 3.63) is 70.2 Å². The van der Waals surface area contributed by atoms with Crippen LogP contribution < -0.4 is 5.32 Å². The van der Waals surface area contributed by atoms with Crippen molar-refractivity contribution >= 4 is 11.6 Å². The van der Waals surface area contributed by atoms with Crippen molar-refractivity contribution in [3.8, 4) is 0 Å². The maximum atomic E-state index is 6.34. The number of rotatable bonds is 7. The molecule has 0 heterocycles. The SMILES string of the molecule is CCCNC(CCc1ccc(C)cc1Cl)c1ccccc1. The van der Waals surface area contributed by atoms with Gasteiger partial charge >= 0.3 is 0 Å². The van der Waals surface area contributed by atoms with E-state index >= 15 is 0 Å². The van der Waals surface area contributed by atoms with Gasteiger partial charge in [-0.05, 0) is 55.5 Å². The standard InChI is InChI=1S/C19H24ClN/c1-3-13-21-19(17-7-5-4-6-8-17)12-11-16-10-9-15(2)14-18(16)20/h4-10,14,19,21H,3,11-13H2,1-2H3. The summed E-state index contributed by atoms with van der Waals surface area (Å²) >= 11 is 6.34. The molecule has 2 aromatic rings. The predicted molar refractivity (Wildman–Crippen MR) is 92.0 cm³/mol. The highest BCUT2D eigenvalue weighted by molar-refractivity contribution is 6.31. The van der Waals surface area contributed by atoms with E-state index in [2.05, 4.69) is 61.6 Å². The minimum Gasteiger partial charge on any atom is -0.310 e. The van der Waals surface area contributed by atoms with Crippen LogP contribution in [0, 0.1) is 6.92 Å². The molecule has 0 aliphatic rings. The van der Waals surface area contributed by atoms with Gasteiger partial charge < -0.3 is 5.32 Å². The van der Waals surface area contributed by atoms with Crippen molar-refractivity contribution < 1.29 is 0 Å². The van der Waals surface area contributed by atoms with Crippen LogP contribution in [0.3, 0.4) is 0 Å². The van der Waals surface area contributed by atoms with Crippen LogP contribution in [0.15, 0.2) is 48.5 Å². The van der Waals surface area contributed by atoms with Gasteiger partial charge in [-0.3, -0.25) is 0 Å². The first-order valence-electron chi connectivity index (χ1n) is 7.74. The molecule has 0 saturated carbocycles. The number of hydrogen-bond donors (Lipinski definition) is 1. The highest BCUT2D eigenvalue weighted by atomic mass is 35.5. The number of halogens is 1. The van der Waals surface area contributed by atoms with Gasteiger partial charge in [-0.2, -0.15) is 0 Å². The molecule has 0 fully saturated rings. The zero-order chi connectivity index (χ0) is 15.1. The summed E-state index contributed by atoms with van der Waals surface area (Å²) in [5.74, 6) is 0. The monoisotopic (exact) mass is 301 g/mol. The van der Waals surface area contributed by atoms with Gasteiger partial charge in [0.2, 0.25) is 0 Å². The molecule has 0 aliphatic carbocycles. The minimum absolute atomic E-state index is 0.392. The maximum absolute atomic E-state index is 6.34. The van der Waals surface area contributed by atoms with Crippen molar-refractivity contribution in [1.82, 2.24) is 5.32 Å². The van der Waals surface area contributed by atoms with Crippen LogP contribution in [0.2, 0.25) is 5.02 Å². The highest BCUT2D eigenvalue weighted by Gasteiger charge is 2.11. The zero-order valence-electron chi connectivity index (χ0n) is 12.9. The third kappa shape index (κ3) is 4.87. The molecule has 0 aliphatic heterocycles. The van der Waals surface area contributed by atoms with Crippen LogP contribution in [0.1, 0.15) is 42.5 Å². The smallest absolute Gasteiger partial charge is 0.0440 e. The summed E-state index contributed by atoms with van der Waals surface area (Å²) in [7, 11) is 0. The van der Waals surface area contributed by atoms with Crippen LogP contribution in [-0.4, -0.2) is 6.54 Å². The fraction of sp³-hybridized carbons (Fsp3) is 0.368. The Kier molecular flexibility index (Phi) is 6.28. The van der Waals surface area contributed by atoms with Gasteiger partial charge in [0, 0.05) is 11.1 Å². The molecule has 21 heavy (non-hydrogen) atoms. The Labute approximate surface area is 133 Å². The van der Waals surface area contributed by atoms with Crippen molar-refractivity contribution in [2.24, 2.45) is 0 Å². The van der Waals surface area contributed by atoms with Crippen molar-refractivity contribution in [1.29, 1.82) is 0 Å². The molecule has 0 spiro atoms. The summed E-state index contributed by atoms with van der Waals surface area (Å²) < 4.78 is 0. The van der Waals surface area contributed by atoms with E-state index in [1.54, 1.807) is 0 Å². The largest absolute Gasteiger partial charge is 0.310 e. The summed E-state index contributed by atoms with van der Waals surface area (Å²) in [5.41, 5.74) is 3.81. The maximum Gasteiger partial charge on any atom is 0.0440 e. The summed E-state index contributed by atoms with van der Waals surface area (Å²) in [5, 5.41) is 4.53. The Morgan fingerprint density at radius 2 is 1.86 bits per heavy atom. The van der Waals surface area contributed by atoms with Crippen molar-refractivity contribution in [3.63, 3.8) is 0 Å². The van der Waals surface area contributed by atoms with Crippen LogP contribution in [0.4, 0.5) is 0 Å². The van der Waals surface area contributed by atoms with E-state index < -0.39 is 0 Å². The lowest BCUT2D eigenvalue weighted by Gasteiger charge is -2.19. The molecule has 1 unspecified atom stereocenters. The normalized spacial score (nSPS) is 12.3. The van der Waals surface area contributed by atoms with Gasteiger partial charge in [-0.15, -0.1) is 0 Å². The summed E-state index contributed by atoms with van der Waals surface area (Å²) in [4.78, 5) is 0. The van der Waals surface area contributed by atoms with E-state index in [1.807, 2.05) is 6.07 Å². The van der Waals surface area contributed by atoms with E-state index in [1.165, 1.54) is 16.7 Å². The Morgan fingerprint density at radius 3 is 2.52 bits per heavy atom. The molecule has 1 atom stereocenters. The van der Waals surface area contributed by atoms with Crippen LogP contribution in [0.5, 0.6) is 0 Å². The molecule has 112 valence electrons. The molecule has 2 aromatic carbocycles. The lowest BCUT2D eigenvalue weighted by atomic mass is 9.98. The van der Waals surface area contributed by atoms with Gasteiger partial charge in [0.1, 0.15) is 0 Å². The van der Waals surface area contributed by atoms with Gasteiger partial charge in [0.05, 0.1) is 0 Å². The Morgan fingerprint density at radius 1 is 1.10 bits per heavy atom. The Bertz CT molecular complexity index is 551. The summed E-state index contributed by atoms with van der Waals surface area (Å²) in [6.07, 6.45) is 3.21. The lowest BCUT2D eigenvalue weighted by Crippen LogP contribution is -2.22. The molecule has 1 N–H and O–H groups in total. The van der Waals surface area contributed by atoms with Gasteiger partial charge in [-0.1, -0.05) is 61.0 Å². The molecular formula is C19H24ClN. The zero-order valence-corrected chi connectivity index (χ0v) is 13.7. The molecule has 0 amide bonds. The van der Waals surface area contributed by atoms with Crippen molar-refractivity contribution in [2.75, 3.05) is 6.54 Å². The first-order valence-corrected chi connectivity index (χ1v) is 8.12. The second kappa shape index (κ2) is 8.21. The fourth-order valence-electron chi connectivity index (χ4n) is 2.55. The first kappa shape index (κ1) is 16.1. The van der Waals surface area contributed by atoms with Crippen LogP contribution >= 0.6 is 11.6 Å². The summed E-state index contributed by atoms with van der Waals surface area (Å²) in [6, 6.07) is 17.4. The van der Waals surface area contributed by atoms with E-state index in [4.69, 9.17) is 11.6 Å². The summed E-state index contributed by atoms with van der Waals surface area (Å²) in [6.45, 7) is 5.32. The van der Waals surface area contributed by atoms with E-state index in [-0.39, 0.29) is 0 Å². The average Bonchev–Trinajstić information content (AvgIpc) is 2.50. The molecule has 1 nitrogen and oxygen atoms in total. The second-order valence-corrected chi connectivity index (χ2v) is 5.96. The number of benzene rings is 2. The molecular weight excluding hydrogens is 278 g/mol. The Hall–Kier alpha value is -1.31. The average molecular weight is 302 g/mol. The number of hydrogen-bond acceptors (Lipinski definition) is 1. The van der Waals surface area contributed by atoms with E-state index in [0.29, 0.717) is 6.04 Å². The topological polar surface area (TPSA) is 12.0 Å². The quantitative estimate of drug-likeness (QED) is 0.729. The number of nitrogens with one attached hydrogen (secondary N) is 1.